The summed E-state index contributed by atoms with van der Waals surface area (Å²) >= 11 is 3.37. The highest BCUT2D eigenvalue weighted by molar-refractivity contribution is 9.10. The topological polar surface area (TPSA) is 20.3 Å². The molecule has 0 amide bonds. The quantitative estimate of drug-likeness (QED) is 0.775. The van der Waals surface area contributed by atoms with Gasteiger partial charge in [-0.1, -0.05) is 34.5 Å². The van der Waals surface area contributed by atoms with E-state index in [-0.39, 0.29) is 5.78 Å². The van der Waals surface area contributed by atoms with Gasteiger partial charge in [0, 0.05) is 29.0 Å². The number of halogens is 1. The zero-order valence-corrected chi connectivity index (χ0v) is 11.7. The Bertz CT molecular complexity index is 384. The summed E-state index contributed by atoms with van der Waals surface area (Å²) in [6.07, 6.45) is 4.55. The zero-order chi connectivity index (χ0) is 12.3. The van der Waals surface area contributed by atoms with Crippen LogP contribution in [0.5, 0.6) is 0 Å². The Labute approximate surface area is 111 Å². The lowest BCUT2D eigenvalue weighted by atomic mass is 9.91. The monoisotopic (exact) mass is 295 g/mol. The van der Waals surface area contributed by atoms with Crippen molar-refractivity contribution >= 4 is 21.7 Å². The molecule has 1 aliphatic carbocycles. The van der Waals surface area contributed by atoms with E-state index in [2.05, 4.69) is 27.9 Å². The molecule has 1 saturated carbocycles. The van der Waals surface area contributed by atoms with E-state index in [1.807, 2.05) is 24.3 Å². The minimum atomic E-state index is 0.240. The Kier molecular flexibility index (Phi) is 4.35. The number of ketones is 1. The molecule has 3 heteroatoms. The number of Topliss-reactive ketones (excluding diaryl/α,β-unsaturated/α-hetero) is 1. The van der Waals surface area contributed by atoms with Gasteiger partial charge >= 0.3 is 0 Å². The van der Waals surface area contributed by atoms with Crippen LogP contribution in [0.25, 0.3) is 0 Å². The molecule has 0 N–H and O–H groups in total. The van der Waals surface area contributed by atoms with Gasteiger partial charge in [0.25, 0.3) is 0 Å². The first-order chi connectivity index (χ1) is 8.16. The predicted octanol–water partition coefficient (Wildman–Crippen LogP) is 3.51. The summed E-state index contributed by atoms with van der Waals surface area (Å²) in [6, 6.07) is 8.32. The van der Waals surface area contributed by atoms with E-state index in [1.165, 1.54) is 19.3 Å². The summed E-state index contributed by atoms with van der Waals surface area (Å²) in [5, 5.41) is 0. The molecule has 0 heterocycles. The van der Waals surface area contributed by atoms with Gasteiger partial charge < -0.3 is 4.90 Å². The summed E-state index contributed by atoms with van der Waals surface area (Å²) in [4.78, 5) is 14.3. The molecule has 1 fully saturated rings. The molecule has 0 radical (unpaired) electrons. The highest BCUT2D eigenvalue weighted by atomic mass is 79.9. The van der Waals surface area contributed by atoms with Crippen LogP contribution in [-0.2, 0) is 0 Å². The van der Waals surface area contributed by atoms with Gasteiger partial charge in [0.1, 0.15) is 0 Å². The van der Waals surface area contributed by atoms with Crippen molar-refractivity contribution in [2.24, 2.45) is 0 Å². The first-order valence-electron chi connectivity index (χ1n) is 6.16. The second-order valence-electron chi connectivity index (χ2n) is 4.75. The number of carbonyl (C=O) groups is 1. The lowest BCUT2D eigenvalue weighted by Gasteiger charge is -2.34. The maximum absolute atomic E-state index is 11.9. The van der Waals surface area contributed by atoms with E-state index in [0.717, 1.165) is 16.6 Å². The largest absolute Gasteiger partial charge is 0.303 e. The number of hydrogen-bond donors (Lipinski definition) is 0. The minimum Gasteiger partial charge on any atom is -0.303 e. The Balaban J connectivity index is 1.82. The second kappa shape index (κ2) is 5.78. The molecule has 0 unspecified atom stereocenters. The van der Waals surface area contributed by atoms with Crippen molar-refractivity contribution < 1.29 is 4.79 Å². The van der Waals surface area contributed by atoms with Crippen molar-refractivity contribution in [3.63, 3.8) is 0 Å². The summed E-state index contributed by atoms with van der Waals surface area (Å²) < 4.78 is 1.01. The molecule has 17 heavy (non-hydrogen) atoms. The number of rotatable bonds is 5. The lowest BCUT2D eigenvalue weighted by molar-refractivity contribution is 0.0939. The fraction of sp³-hybridized carbons (Fsp3) is 0.500. The third-order valence-corrected chi connectivity index (χ3v) is 4.08. The van der Waals surface area contributed by atoms with Crippen LogP contribution in [0.4, 0.5) is 0 Å². The van der Waals surface area contributed by atoms with Crippen LogP contribution >= 0.6 is 15.9 Å². The highest BCUT2D eigenvalue weighted by Gasteiger charge is 2.22. The highest BCUT2D eigenvalue weighted by Crippen LogP contribution is 2.23. The second-order valence-corrected chi connectivity index (χ2v) is 5.66. The normalized spacial score (nSPS) is 15.9. The van der Waals surface area contributed by atoms with Crippen LogP contribution in [0.3, 0.4) is 0 Å². The first-order valence-corrected chi connectivity index (χ1v) is 6.95. The maximum Gasteiger partial charge on any atom is 0.164 e. The molecule has 1 aliphatic rings. The van der Waals surface area contributed by atoms with Crippen molar-refractivity contribution in [3.8, 4) is 0 Å². The van der Waals surface area contributed by atoms with Crippen LogP contribution < -0.4 is 0 Å². The van der Waals surface area contributed by atoms with Gasteiger partial charge in [0.2, 0.25) is 0 Å². The Morgan fingerprint density at radius 3 is 2.53 bits per heavy atom. The third-order valence-electron chi connectivity index (χ3n) is 3.56. The molecular weight excluding hydrogens is 278 g/mol. The number of carbonyl (C=O) groups excluding carboxylic acids is 1. The SMILES string of the molecule is CN(CCC(=O)c1ccc(Br)cc1)C1CCC1. The molecule has 1 aromatic rings. The van der Waals surface area contributed by atoms with Crippen LogP contribution in [0.1, 0.15) is 36.0 Å². The summed E-state index contributed by atoms with van der Waals surface area (Å²) in [6.45, 7) is 0.875. The molecule has 1 aromatic carbocycles. The van der Waals surface area contributed by atoms with Crippen molar-refractivity contribution in [2.45, 2.75) is 31.7 Å². The number of nitrogens with zero attached hydrogens (tertiary/aromatic N) is 1. The van der Waals surface area contributed by atoms with E-state index < -0.39 is 0 Å². The molecule has 0 spiro atoms. The molecule has 0 saturated heterocycles. The standard InChI is InChI=1S/C14H18BrNO/c1-16(13-3-2-4-13)10-9-14(17)11-5-7-12(15)8-6-11/h5-8,13H,2-4,9-10H2,1H3. The van der Waals surface area contributed by atoms with Crippen molar-refractivity contribution in [1.82, 2.24) is 4.90 Å². The molecule has 0 atom stereocenters. The zero-order valence-electron chi connectivity index (χ0n) is 10.2. The fourth-order valence-corrected chi connectivity index (χ4v) is 2.33. The van der Waals surface area contributed by atoms with Crippen LogP contribution in [0.15, 0.2) is 28.7 Å². The minimum absolute atomic E-state index is 0.240. The van der Waals surface area contributed by atoms with Crippen molar-refractivity contribution in [1.29, 1.82) is 0 Å². The first kappa shape index (κ1) is 12.8. The van der Waals surface area contributed by atoms with Crippen molar-refractivity contribution in [3.05, 3.63) is 34.3 Å². The molecule has 0 bridgehead atoms. The third kappa shape index (κ3) is 3.39. The van der Waals surface area contributed by atoms with E-state index in [0.29, 0.717) is 12.5 Å². The molecule has 2 nitrogen and oxygen atoms in total. The maximum atomic E-state index is 11.9. The van der Waals surface area contributed by atoms with Gasteiger partial charge in [-0.05, 0) is 32.0 Å². The van der Waals surface area contributed by atoms with E-state index in [4.69, 9.17) is 0 Å². The molecule has 0 aliphatic heterocycles. The Morgan fingerprint density at radius 2 is 2.00 bits per heavy atom. The molecule has 92 valence electrons. The smallest absolute Gasteiger partial charge is 0.164 e. The van der Waals surface area contributed by atoms with Gasteiger partial charge in [-0.3, -0.25) is 4.79 Å². The average molecular weight is 296 g/mol. The summed E-state index contributed by atoms with van der Waals surface area (Å²) in [5.74, 6) is 0.240. The van der Waals surface area contributed by atoms with Crippen LogP contribution in [0.2, 0.25) is 0 Å². The summed E-state index contributed by atoms with van der Waals surface area (Å²) in [5.41, 5.74) is 0.815. The van der Waals surface area contributed by atoms with E-state index in [9.17, 15) is 4.79 Å². The lowest BCUT2D eigenvalue weighted by Crippen LogP contribution is -2.38. The Hall–Kier alpha value is -0.670. The van der Waals surface area contributed by atoms with Gasteiger partial charge in [0.15, 0.2) is 5.78 Å². The van der Waals surface area contributed by atoms with Crippen molar-refractivity contribution in [2.75, 3.05) is 13.6 Å². The van der Waals surface area contributed by atoms with Gasteiger partial charge in [-0.25, -0.2) is 0 Å². The van der Waals surface area contributed by atoms with E-state index >= 15 is 0 Å². The van der Waals surface area contributed by atoms with Gasteiger partial charge in [0.05, 0.1) is 0 Å². The van der Waals surface area contributed by atoms with Crippen LogP contribution in [-0.4, -0.2) is 30.3 Å². The fourth-order valence-electron chi connectivity index (χ4n) is 2.07. The molecule has 2 rings (SSSR count). The Morgan fingerprint density at radius 1 is 1.35 bits per heavy atom. The van der Waals surface area contributed by atoms with Crippen LogP contribution in [0, 0.1) is 0 Å². The number of benzene rings is 1. The van der Waals surface area contributed by atoms with Gasteiger partial charge in [-0.2, -0.15) is 0 Å². The molecule has 0 aromatic heterocycles. The average Bonchev–Trinajstić information content (AvgIpc) is 2.24. The van der Waals surface area contributed by atoms with E-state index in [1.54, 1.807) is 0 Å². The van der Waals surface area contributed by atoms with Gasteiger partial charge in [-0.15, -0.1) is 0 Å². The summed E-state index contributed by atoms with van der Waals surface area (Å²) in [7, 11) is 2.12. The molecular formula is C14H18BrNO. The number of hydrogen-bond acceptors (Lipinski definition) is 2. The predicted molar refractivity (Wildman–Crippen MR) is 73.4 cm³/mol.